The number of aliphatic hydroxyl groups excluding tert-OH is 1. The van der Waals surface area contributed by atoms with Gasteiger partial charge in [-0.3, -0.25) is 5.43 Å². The number of anilines is 1. The van der Waals surface area contributed by atoms with Gasteiger partial charge in [-0.25, -0.2) is 0 Å². The van der Waals surface area contributed by atoms with E-state index in [1.807, 2.05) is 6.92 Å². The fourth-order valence-electron chi connectivity index (χ4n) is 1.14. The summed E-state index contributed by atoms with van der Waals surface area (Å²) in [7, 11) is 0. The molecule has 1 rings (SSSR count). The summed E-state index contributed by atoms with van der Waals surface area (Å²) in [4.78, 5) is 0. The van der Waals surface area contributed by atoms with Crippen LogP contribution in [0.3, 0.4) is 0 Å². The van der Waals surface area contributed by atoms with Crippen LogP contribution in [0.15, 0.2) is 23.3 Å². The lowest BCUT2D eigenvalue weighted by atomic mass is 10.1. The van der Waals surface area contributed by atoms with E-state index in [4.69, 9.17) is 15.6 Å². The van der Waals surface area contributed by atoms with Gasteiger partial charge in [0.15, 0.2) is 0 Å². The molecule has 1 aromatic rings. The van der Waals surface area contributed by atoms with Gasteiger partial charge in [0, 0.05) is 0 Å². The number of hydrogen-bond acceptors (Lipinski definition) is 5. The summed E-state index contributed by atoms with van der Waals surface area (Å²) >= 11 is 0. The van der Waals surface area contributed by atoms with E-state index >= 15 is 0 Å². The molecule has 0 amide bonds. The first-order chi connectivity index (χ1) is 7.71. The summed E-state index contributed by atoms with van der Waals surface area (Å²) in [5, 5.41) is 29.5. The van der Waals surface area contributed by atoms with Gasteiger partial charge in [0.2, 0.25) is 5.71 Å². The first kappa shape index (κ1) is 11.7. The topological polar surface area (TPSA) is 92.2 Å². The second kappa shape index (κ2) is 5.50. The van der Waals surface area contributed by atoms with E-state index in [1.165, 1.54) is 0 Å². The minimum absolute atomic E-state index is 0.0218. The van der Waals surface area contributed by atoms with E-state index in [1.54, 1.807) is 30.3 Å². The van der Waals surface area contributed by atoms with Crippen LogP contribution in [-0.4, -0.2) is 10.8 Å². The Labute approximate surface area is 93.3 Å². The highest BCUT2D eigenvalue weighted by atomic mass is 16.3. The number of rotatable bonds is 3. The number of aryl methyl sites for hydroxylation is 1. The Morgan fingerprint density at radius 3 is 2.62 bits per heavy atom. The zero-order chi connectivity index (χ0) is 12.0. The Bertz CT molecular complexity index is 478. The van der Waals surface area contributed by atoms with Crippen LogP contribution in [0.4, 0.5) is 5.69 Å². The molecule has 0 radical (unpaired) electrons. The Balaban J connectivity index is 2.88. The summed E-state index contributed by atoms with van der Waals surface area (Å²) in [6.45, 7) is 1.82. The Kier molecular flexibility index (Phi) is 4.02. The summed E-state index contributed by atoms with van der Waals surface area (Å²) in [6, 6.07) is 8.57. The molecule has 0 saturated carbocycles. The van der Waals surface area contributed by atoms with Crippen LogP contribution in [0.5, 0.6) is 0 Å². The monoisotopic (exact) mass is 214 g/mol. The van der Waals surface area contributed by atoms with Gasteiger partial charge in [0.1, 0.15) is 12.1 Å². The second-order valence-electron chi connectivity index (χ2n) is 3.10. The molecule has 0 spiro atoms. The van der Waals surface area contributed by atoms with Gasteiger partial charge in [-0.15, -0.1) is 0 Å². The van der Waals surface area contributed by atoms with Crippen molar-refractivity contribution in [2.24, 2.45) is 5.10 Å². The second-order valence-corrected chi connectivity index (χ2v) is 3.10. The molecule has 0 aliphatic carbocycles. The molecular weight excluding hydrogens is 204 g/mol. The molecular formula is C11H10N4O. The highest BCUT2D eigenvalue weighted by molar-refractivity contribution is 6.10. The quantitative estimate of drug-likeness (QED) is 0.586. The maximum Gasteiger partial charge on any atom is 0.237 e. The van der Waals surface area contributed by atoms with Crippen molar-refractivity contribution in [2.45, 2.75) is 13.5 Å². The van der Waals surface area contributed by atoms with E-state index in [0.717, 1.165) is 11.1 Å². The summed E-state index contributed by atoms with van der Waals surface area (Å²) in [5.74, 6) is 0. The van der Waals surface area contributed by atoms with Gasteiger partial charge in [-0.2, -0.15) is 15.6 Å². The van der Waals surface area contributed by atoms with Gasteiger partial charge >= 0.3 is 0 Å². The first-order valence-corrected chi connectivity index (χ1v) is 4.55. The molecule has 80 valence electrons. The third kappa shape index (κ3) is 2.81. The molecule has 0 bridgehead atoms. The zero-order valence-corrected chi connectivity index (χ0v) is 8.73. The van der Waals surface area contributed by atoms with Gasteiger partial charge < -0.3 is 5.11 Å². The summed E-state index contributed by atoms with van der Waals surface area (Å²) < 4.78 is 0. The molecule has 1 aromatic carbocycles. The predicted octanol–water partition coefficient (Wildman–Crippen LogP) is 1.30. The smallest absolute Gasteiger partial charge is 0.237 e. The van der Waals surface area contributed by atoms with Crippen LogP contribution >= 0.6 is 0 Å². The van der Waals surface area contributed by atoms with E-state index < -0.39 is 0 Å². The van der Waals surface area contributed by atoms with Crippen LogP contribution < -0.4 is 5.43 Å². The van der Waals surface area contributed by atoms with Crippen molar-refractivity contribution in [2.75, 3.05) is 5.43 Å². The number of nitrogens with one attached hydrogen (secondary N) is 1. The average Bonchev–Trinajstić information content (AvgIpc) is 2.32. The van der Waals surface area contributed by atoms with Crippen molar-refractivity contribution < 1.29 is 5.11 Å². The van der Waals surface area contributed by atoms with Crippen molar-refractivity contribution in [1.82, 2.24) is 0 Å². The Morgan fingerprint density at radius 2 is 2.12 bits per heavy atom. The van der Waals surface area contributed by atoms with Crippen LogP contribution in [-0.2, 0) is 6.61 Å². The summed E-state index contributed by atoms with van der Waals surface area (Å²) in [6.07, 6.45) is 0. The standard InChI is InChI=1S/C11H10N4O/c1-8-4-9(7-16)2-3-11(8)15-14-10(5-12)6-13/h2-4,15-16H,7H2,1H3. The fourth-order valence-corrected chi connectivity index (χ4v) is 1.14. The number of nitriles is 2. The summed E-state index contributed by atoms with van der Waals surface area (Å²) in [5.41, 5.74) is 4.77. The van der Waals surface area contributed by atoms with E-state index in [9.17, 15) is 0 Å². The van der Waals surface area contributed by atoms with Crippen LogP contribution in [0, 0.1) is 29.6 Å². The lowest BCUT2D eigenvalue weighted by molar-refractivity contribution is 0.282. The molecule has 5 nitrogen and oxygen atoms in total. The molecule has 0 aliphatic rings. The van der Waals surface area contributed by atoms with Gasteiger partial charge in [0.25, 0.3) is 0 Å². The lowest BCUT2D eigenvalue weighted by Crippen LogP contribution is -1.98. The maximum absolute atomic E-state index is 8.91. The van der Waals surface area contributed by atoms with Gasteiger partial charge in [0.05, 0.1) is 12.3 Å². The van der Waals surface area contributed by atoms with Crippen molar-refractivity contribution >= 4 is 11.4 Å². The SMILES string of the molecule is Cc1cc(CO)ccc1NN=C(C#N)C#N. The molecule has 0 aliphatic heterocycles. The Morgan fingerprint density at radius 1 is 1.44 bits per heavy atom. The highest BCUT2D eigenvalue weighted by Crippen LogP contribution is 2.16. The minimum Gasteiger partial charge on any atom is -0.392 e. The van der Waals surface area contributed by atoms with E-state index in [-0.39, 0.29) is 12.3 Å². The average molecular weight is 214 g/mol. The van der Waals surface area contributed by atoms with E-state index in [2.05, 4.69) is 10.5 Å². The predicted molar refractivity (Wildman–Crippen MR) is 59.4 cm³/mol. The molecule has 0 fully saturated rings. The van der Waals surface area contributed by atoms with Crippen LogP contribution in [0.25, 0.3) is 0 Å². The van der Waals surface area contributed by atoms with Crippen LogP contribution in [0.1, 0.15) is 11.1 Å². The number of hydrazone groups is 1. The number of nitrogens with zero attached hydrogens (tertiary/aromatic N) is 3. The number of aliphatic hydroxyl groups is 1. The molecule has 16 heavy (non-hydrogen) atoms. The molecule has 5 heteroatoms. The highest BCUT2D eigenvalue weighted by Gasteiger charge is 1.99. The lowest BCUT2D eigenvalue weighted by Gasteiger charge is -2.05. The molecule has 0 heterocycles. The normalized spacial score (nSPS) is 8.75. The fraction of sp³-hybridized carbons (Fsp3) is 0.182. The van der Waals surface area contributed by atoms with Crippen molar-refractivity contribution in [3.63, 3.8) is 0 Å². The first-order valence-electron chi connectivity index (χ1n) is 4.55. The Hall–Kier alpha value is -2.37. The zero-order valence-electron chi connectivity index (χ0n) is 8.73. The third-order valence-electron chi connectivity index (χ3n) is 1.97. The molecule has 0 unspecified atom stereocenters. The van der Waals surface area contributed by atoms with Gasteiger partial charge in [-0.1, -0.05) is 12.1 Å². The molecule has 0 atom stereocenters. The molecule has 0 aromatic heterocycles. The third-order valence-corrected chi connectivity index (χ3v) is 1.97. The van der Waals surface area contributed by atoms with Crippen molar-refractivity contribution in [1.29, 1.82) is 10.5 Å². The van der Waals surface area contributed by atoms with Crippen LogP contribution in [0.2, 0.25) is 0 Å². The number of hydrogen-bond donors (Lipinski definition) is 2. The molecule has 0 saturated heterocycles. The van der Waals surface area contributed by atoms with Crippen molar-refractivity contribution in [3.8, 4) is 12.1 Å². The largest absolute Gasteiger partial charge is 0.392 e. The molecule has 2 N–H and O–H groups in total. The maximum atomic E-state index is 8.91. The minimum atomic E-state index is -0.231. The van der Waals surface area contributed by atoms with E-state index in [0.29, 0.717) is 5.69 Å². The van der Waals surface area contributed by atoms with Gasteiger partial charge in [-0.05, 0) is 24.1 Å². The number of benzene rings is 1. The van der Waals surface area contributed by atoms with Crippen molar-refractivity contribution in [3.05, 3.63) is 29.3 Å².